The molecule has 0 bridgehead atoms. The van der Waals surface area contributed by atoms with Crippen LogP contribution < -0.4 is 4.74 Å². The Bertz CT molecular complexity index is 2250. The molecule has 0 saturated heterocycles. The highest BCUT2D eigenvalue weighted by atomic mass is 16.5. The van der Waals surface area contributed by atoms with E-state index in [2.05, 4.69) is 149 Å². The summed E-state index contributed by atoms with van der Waals surface area (Å²) in [7, 11) is 0. The summed E-state index contributed by atoms with van der Waals surface area (Å²) in [6.45, 7) is 15.4. The molecule has 47 heavy (non-hydrogen) atoms. The van der Waals surface area contributed by atoms with Crippen LogP contribution in [-0.2, 0) is 6.42 Å². The second-order valence-corrected chi connectivity index (χ2v) is 14.0. The lowest BCUT2D eigenvalue weighted by atomic mass is 9.88. The van der Waals surface area contributed by atoms with Crippen molar-refractivity contribution in [3.05, 3.63) is 131 Å². The summed E-state index contributed by atoms with van der Waals surface area (Å²) in [4.78, 5) is 4.77. The highest BCUT2D eigenvalue weighted by Gasteiger charge is 2.18. The molecule has 3 aromatic heterocycles. The lowest BCUT2D eigenvalue weighted by molar-refractivity contribution is 0.378. The van der Waals surface area contributed by atoms with Gasteiger partial charge in [0.2, 0.25) is 0 Å². The fourth-order valence-electron chi connectivity index (χ4n) is 6.61. The highest BCUT2D eigenvalue weighted by molar-refractivity contribution is 6.09. The first-order chi connectivity index (χ1) is 22.5. The fourth-order valence-corrected chi connectivity index (χ4v) is 6.61. The maximum atomic E-state index is 6.74. The molecule has 7 aromatic rings. The van der Waals surface area contributed by atoms with Crippen LogP contribution in [0, 0.1) is 33.1 Å². The van der Waals surface area contributed by atoms with Gasteiger partial charge in [0.1, 0.15) is 17.3 Å². The third-order valence-corrected chi connectivity index (χ3v) is 8.97. The van der Waals surface area contributed by atoms with E-state index >= 15 is 0 Å². The molecular weight excluding hydrogens is 576 g/mol. The lowest BCUT2D eigenvalue weighted by Gasteiger charge is -2.19. The summed E-state index contributed by atoms with van der Waals surface area (Å²) >= 11 is 0. The van der Waals surface area contributed by atoms with Crippen molar-refractivity contribution < 1.29 is 4.74 Å². The van der Waals surface area contributed by atoms with Gasteiger partial charge >= 0.3 is 0 Å². The smallest absolute Gasteiger partial charge is 0.137 e. The molecule has 4 aromatic carbocycles. The molecule has 0 aliphatic carbocycles. The number of nitrogens with zero attached hydrogens (tertiary/aromatic N) is 4. The van der Waals surface area contributed by atoms with E-state index in [1.807, 2.05) is 12.3 Å². The van der Waals surface area contributed by atoms with Gasteiger partial charge in [0.05, 0.1) is 22.4 Å². The maximum absolute atomic E-state index is 6.74. The Morgan fingerprint density at radius 2 is 1.49 bits per heavy atom. The number of aromatic nitrogens is 4. The van der Waals surface area contributed by atoms with Crippen LogP contribution in [0.3, 0.4) is 0 Å². The van der Waals surface area contributed by atoms with Gasteiger partial charge in [-0.15, -0.1) is 0 Å². The van der Waals surface area contributed by atoms with Crippen LogP contribution in [0.15, 0.2) is 103 Å². The van der Waals surface area contributed by atoms with E-state index in [0.29, 0.717) is 0 Å². The molecule has 0 spiro atoms. The molecule has 7 rings (SSSR count). The molecule has 0 amide bonds. The van der Waals surface area contributed by atoms with Crippen molar-refractivity contribution in [3.8, 4) is 34.1 Å². The minimum atomic E-state index is 0.219. The average molecular weight is 619 g/mol. The molecule has 0 N–H and O–H groups in total. The number of fused-ring (bicyclic) bond motifs is 3. The summed E-state index contributed by atoms with van der Waals surface area (Å²) in [5.41, 5.74) is 11.5. The summed E-state index contributed by atoms with van der Waals surface area (Å²) < 4.78 is 11.1. The molecular formula is C42H42N4O. The van der Waals surface area contributed by atoms with Crippen molar-refractivity contribution in [2.75, 3.05) is 0 Å². The number of hydrogen-bond donors (Lipinski definition) is 0. The fraction of sp³-hybridized carbons (Fsp3) is 0.238. The normalized spacial score (nSPS) is 11.9. The largest absolute Gasteiger partial charge is 0.457 e. The van der Waals surface area contributed by atoms with Crippen molar-refractivity contribution >= 4 is 21.8 Å². The predicted octanol–water partition coefficient (Wildman–Crippen LogP) is 11.0. The van der Waals surface area contributed by atoms with Crippen molar-refractivity contribution in [1.82, 2.24) is 19.3 Å². The first-order valence-corrected chi connectivity index (χ1v) is 16.5. The number of aryl methyl sites for hydroxylation is 4. The van der Waals surface area contributed by atoms with Crippen LogP contribution in [0.4, 0.5) is 0 Å². The molecule has 0 aliphatic heterocycles. The SMILES string of the molecule is Cc1ccnc(-n2c3ccc(C)cc3c3ccc(Oc4cc(CCC(C)(C)C)cc(-n5nc(C)c(-c6ccccc6)c5C)c4)cc32)c1. The van der Waals surface area contributed by atoms with Crippen LogP contribution in [0.1, 0.15) is 55.3 Å². The second-order valence-electron chi connectivity index (χ2n) is 14.0. The van der Waals surface area contributed by atoms with Gasteiger partial charge in [0.25, 0.3) is 0 Å². The van der Waals surface area contributed by atoms with Crippen molar-refractivity contribution in [3.63, 3.8) is 0 Å². The molecule has 0 saturated carbocycles. The van der Waals surface area contributed by atoms with Crippen molar-refractivity contribution in [1.29, 1.82) is 0 Å². The summed E-state index contributed by atoms with van der Waals surface area (Å²) in [5, 5.41) is 7.41. The summed E-state index contributed by atoms with van der Waals surface area (Å²) in [6, 6.07) is 34.3. The molecule has 0 aliphatic rings. The Morgan fingerprint density at radius 3 is 2.26 bits per heavy atom. The molecule has 3 heterocycles. The van der Waals surface area contributed by atoms with E-state index in [-0.39, 0.29) is 5.41 Å². The zero-order chi connectivity index (χ0) is 32.9. The van der Waals surface area contributed by atoms with Gasteiger partial charge in [-0.1, -0.05) is 62.7 Å². The monoisotopic (exact) mass is 618 g/mol. The molecule has 0 unspecified atom stereocenters. The number of pyridine rings is 1. The Labute approximate surface area is 277 Å². The molecule has 0 atom stereocenters. The average Bonchev–Trinajstić information content (AvgIpc) is 3.52. The zero-order valence-electron chi connectivity index (χ0n) is 28.4. The van der Waals surface area contributed by atoms with Gasteiger partial charge in [-0.2, -0.15) is 5.10 Å². The third kappa shape index (κ3) is 6.06. The quantitative estimate of drug-likeness (QED) is 0.178. The van der Waals surface area contributed by atoms with Gasteiger partial charge in [-0.05, 0) is 111 Å². The molecule has 0 radical (unpaired) electrons. The lowest BCUT2D eigenvalue weighted by Crippen LogP contribution is -2.07. The van der Waals surface area contributed by atoms with Crippen LogP contribution in [0.25, 0.3) is 44.4 Å². The van der Waals surface area contributed by atoms with E-state index in [1.165, 1.54) is 38.6 Å². The molecule has 5 heteroatoms. The number of hydrogen-bond acceptors (Lipinski definition) is 3. The summed E-state index contributed by atoms with van der Waals surface area (Å²) in [6.07, 6.45) is 3.89. The minimum Gasteiger partial charge on any atom is -0.457 e. The van der Waals surface area contributed by atoms with Crippen LogP contribution in [0.2, 0.25) is 0 Å². The van der Waals surface area contributed by atoms with Crippen LogP contribution >= 0.6 is 0 Å². The molecule has 236 valence electrons. The number of ether oxygens (including phenoxy) is 1. The predicted molar refractivity (Wildman–Crippen MR) is 194 cm³/mol. The molecule has 0 fully saturated rings. The van der Waals surface area contributed by atoms with Crippen molar-refractivity contribution in [2.45, 2.75) is 61.3 Å². The second kappa shape index (κ2) is 11.9. The maximum Gasteiger partial charge on any atom is 0.137 e. The van der Waals surface area contributed by atoms with E-state index in [1.54, 1.807) is 0 Å². The number of rotatable bonds is 7. The van der Waals surface area contributed by atoms with Gasteiger partial charge in [0, 0.05) is 40.4 Å². The van der Waals surface area contributed by atoms with E-state index in [4.69, 9.17) is 14.8 Å². The summed E-state index contributed by atoms with van der Waals surface area (Å²) in [5.74, 6) is 2.48. The topological polar surface area (TPSA) is 44.9 Å². The minimum absolute atomic E-state index is 0.219. The zero-order valence-corrected chi connectivity index (χ0v) is 28.4. The first kappa shape index (κ1) is 30.5. The van der Waals surface area contributed by atoms with Gasteiger partial charge in [-0.25, -0.2) is 9.67 Å². The van der Waals surface area contributed by atoms with E-state index in [0.717, 1.165) is 58.3 Å². The Morgan fingerprint density at radius 1 is 0.702 bits per heavy atom. The van der Waals surface area contributed by atoms with E-state index in [9.17, 15) is 0 Å². The molecule has 5 nitrogen and oxygen atoms in total. The van der Waals surface area contributed by atoms with Gasteiger partial charge < -0.3 is 4.74 Å². The third-order valence-electron chi connectivity index (χ3n) is 8.97. The Kier molecular flexibility index (Phi) is 7.71. The Hall–Kier alpha value is -5.16. The number of benzene rings is 4. The van der Waals surface area contributed by atoms with E-state index < -0.39 is 0 Å². The first-order valence-electron chi connectivity index (χ1n) is 16.5. The standard InChI is InChI=1S/C42H42N4O/c1-27-13-16-38-37(21-27)36-15-14-34(26-39(36)45(38)40-22-28(2)18-20-43-40)47-35-24-31(17-19-42(5,6)7)23-33(25-35)46-30(4)41(29(3)44-46)32-11-9-8-10-12-32/h8-16,18,20-26H,17,19H2,1-7H3. The Balaban J connectivity index is 1.34. The van der Waals surface area contributed by atoms with Crippen LogP contribution in [0.5, 0.6) is 11.5 Å². The highest BCUT2D eigenvalue weighted by Crippen LogP contribution is 2.37. The van der Waals surface area contributed by atoms with Gasteiger partial charge in [-0.3, -0.25) is 4.57 Å². The van der Waals surface area contributed by atoms with Crippen molar-refractivity contribution in [2.24, 2.45) is 5.41 Å². The van der Waals surface area contributed by atoms with Crippen LogP contribution in [-0.4, -0.2) is 19.3 Å². The van der Waals surface area contributed by atoms with Gasteiger partial charge in [0.15, 0.2) is 0 Å².